The highest BCUT2D eigenvalue weighted by atomic mass is 16.5. The number of ether oxygens (including phenoxy) is 1. The third kappa shape index (κ3) is 7.86. The van der Waals surface area contributed by atoms with Crippen molar-refractivity contribution >= 4 is 22.8 Å². The topological polar surface area (TPSA) is 83.8 Å². The van der Waals surface area contributed by atoms with Crippen molar-refractivity contribution in [2.24, 2.45) is 0 Å². The molecule has 1 aromatic heterocycles. The van der Waals surface area contributed by atoms with Crippen LogP contribution in [0.2, 0.25) is 0 Å². The van der Waals surface area contributed by atoms with Crippen LogP contribution in [0.25, 0.3) is 22.3 Å². The van der Waals surface area contributed by atoms with Gasteiger partial charge in [0.15, 0.2) is 0 Å². The Morgan fingerprint density at radius 2 is 1.63 bits per heavy atom. The molecule has 0 unspecified atom stereocenters. The van der Waals surface area contributed by atoms with Crippen LogP contribution in [0.5, 0.6) is 5.75 Å². The average molecular weight is 482 g/mol. The fourth-order valence-corrected chi connectivity index (χ4v) is 3.65. The Labute approximate surface area is 208 Å². The van der Waals surface area contributed by atoms with Gasteiger partial charge in [-0.1, -0.05) is 45.0 Å². The zero-order valence-electron chi connectivity index (χ0n) is 22.0. The molecule has 0 spiro atoms. The van der Waals surface area contributed by atoms with E-state index in [-0.39, 0.29) is 17.9 Å². The lowest BCUT2D eigenvalue weighted by Gasteiger charge is -2.13. The molecule has 0 atom stereocenters. The van der Waals surface area contributed by atoms with Crippen molar-refractivity contribution in [1.29, 1.82) is 0 Å². The summed E-state index contributed by atoms with van der Waals surface area (Å²) in [5.41, 5.74) is 2.84. The van der Waals surface area contributed by atoms with E-state index >= 15 is 0 Å². The van der Waals surface area contributed by atoms with Crippen molar-refractivity contribution in [2.75, 3.05) is 26.7 Å². The SMILES string of the molecule is CCN(CC)CC.CNC(=O)c1c(-c2ccc(CNC(C)=O)cc2)oc2ccc(OC(C)C)cc12. The smallest absolute Gasteiger partial charge is 0.255 e. The molecule has 0 aliphatic heterocycles. The number of rotatable bonds is 9. The van der Waals surface area contributed by atoms with Gasteiger partial charge in [0.05, 0.1) is 11.7 Å². The fraction of sp³-hybridized carbons (Fsp3) is 0.429. The molecule has 0 radical (unpaired) electrons. The van der Waals surface area contributed by atoms with Crippen molar-refractivity contribution in [3.63, 3.8) is 0 Å². The molecule has 0 saturated carbocycles. The van der Waals surface area contributed by atoms with Crippen LogP contribution in [0.15, 0.2) is 46.9 Å². The Bertz CT molecular complexity index is 1090. The Kier molecular flexibility index (Phi) is 10.8. The number of hydrogen-bond acceptors (Lipinski definition) is 5. The predicted molar refractivity (Wildman–Crippen MR) is 142 cm³/mol. The average Bonchev–Trinajstić information content (AvgIpc) is 3.22. The lowest BCUT2D eigenvalue weighted by molar-refractivity contribution is -0.119. The van der Waals surface area contributed by atoms with Gasteiger partial charge in [-0.05, 0) is 57.2 Å². The summed E-state index contributed by atoms with van der Waals surface area (Å²) in [6.45, 7) is 16.0. The molecule has 7 nitrogen and oxygen atoms in total. The third-order valence-electron chi connectivity index (χ3n) is 5.58. The first kappa shape index (κ1) is 27.9. The molecule has 0 aliphatic rings. The molecule has 7 heteroatoms. The quantitative estimate of drug-likeness (QED) is 0.437. The normalized spacial score (nSPS) is 10.8. The first-order chi connectivity index (χ1) is 16.7. The Morgan fingerprint density at radius 1 is 1.00 bits per heavy atom. The van der Waals surface area contributed by atoms with Crippen LogP contribution in [0.4, 0.5) is 0 Å². The number of nitrogens with zero attached hydrogens (tertiary/aromatic N) is 1. The van der Waals surface area contributed by atoms with E-state index in [4.69, 9.17) is 9.15 Å². The van der Waals surface area contributed by atoms with Gasteiger partial charge in [0.25, 0.3) is 5.91 Å². The van der Waals surface area contributed by atoms with Gasteiger partial charge >= 0.3 is 0 Å². The van der Waals surface area contributed by atoms with Crippen LogP contribution in [0.3, 0.4) is 0 Å². The molecule has 2 aromatic carbocycles. The second-order valence-electron chi connectivity index (χ2n) is 8.44. The van der Waals surface area contributed by atoms with E-state index < -0.39 is 0 Å². The van der Waals surface area contributed by atoms with Gasteiger partial charge in [-0.2, -0.15) is 0 Å². The van der Waals surface area contributed by atoms with Gasteiger partial charge in [-0.3, -0.25) is 9.59 Å². The van der Waals surface area contributed by atoms with E-state index in [1.807, 2.05) is 56.3 Å². The molecule has 1 heterocycles. The van der Waals surface area contributed by atoms with Crippen LogP contribution in [-0.2, 0) is 11.3 Å². The van der Waals surface area contributed by atoms with Gasteiger partial charge in [-0.25, -0.2) is 0 Å². The molecule has 35 heavy (non-hydrogen) atoms. The molecule has 3 rings (SSSR count). The number of carbonyl (C=O) groups is 2. The lowest BCUT2D eigenvalue weighted by Crippen LogP contribution is -2.21. The van der Waals surface area contributed by atoms with Crippen LogP contribution < -0.4 is 15.4 Å². The number of benzene rings is 2. The maximum atomic E-state index is 12.6. The highest BCUT2D eigenvalue weighted by Gasteiger charge is 2.22. The number of fused-ring (bicyclic) bond motifs is 1. The highest BCUT2D eigenvalue weighted by Crippen LogP contribution is 2.35. The molecular formula is C28H39N3O4. The summed E-state index contributed by atoms with van der Waals surface area (Å²) >= 11 is 0. The van der Waals surface area contributed by atoms with Crippen LogP contribution in [-0.4, -0.2) is 49.5 Å². The molecule has 0 fully saturated rings. The number of amides is 2. The Hall–Kier alpha value is -3.32. The van der Waals surface area contributed by atoms with Crippen molar-refractivity contribution in [2.45, 2.75) is 54.2 Å². The van der Waals surface area contributed by atoms with Gasteiger partial charge < -0.3 is 24.7 Å². The first-order valence-electron chi connectivity index (χ1n) is 12.2. The second kappa shape index (κ2) is 13.5. The molecule has 0 saturated heterocycles. The summed E-state index contributed by atoms with van der Waals surface area (Å²) in [5.74, 6) is 0.883. The van der Waals surface area contributed by atoms with Gasteiger partial charge in [0, 0.05) is 31.5 Å². The van der Waals surface area contributed by atoms with Crippen LogP contribution >= 0.6 is 0 Å². The summed E-state index contributed by atoms with van der Waals surface area (Å²) in [5, 5.41) is 6.15. The fourth-order valence-electron chi connectivity index (χ4n) is 3.65. The van der Waals surface area contributed by atoms with E-state index in [2.05, 4.69) is 36.3 Å². The van der Waals surface area contributed by atoms with Crippen molar-refractivity contribution in [3.05, 3.63) is 53.6 Å². The number of hydrogen-bond donors (Lipinski definition) is 2. The minimum absolute atomic E-state index is 0.0310. The van der Waals surface area contributed by atoms with Crippen LogP contribution in [0.1, 0.15) is 57.5 Å². The standard InChI is InChI=1S/C22H24N2O4.C6H15N/c1-13(2)27-17-9-10-19-18(11-17)20(22(26)23-4)21(28-19)16-7-5-15(6-8-16)12-24-14(3)25;1-4-7(5-2)6-3/h5-11,13H,12H2,1-4H3,(H,23,26)(H,24,25);4-6H2,1-3H3. The maximum absolute atomic E-state index is 12.6. The van der Waals surface area contributed by atoms with Gasteiger partial charge in [0.2, 0.25) is 5.91 Å². The van der Waals surface area contributed by atoms with Gasteiger partial charge in [-0.15, -0.1) is 0 Å². The first-order valence-corrected chi connectivity index (χ1v) is 12.2. The van der Waals surface area contributed by atoms with E-state index in [1.165, 1.54) is 26.6 Å². The molecule has 190 valence electrons. The minimum Gasteiger partial charge on any atom is -0.491 e. The monoisotopic (exact) mass is 481 g/mol. The van der Waals surface area contributed by atoms with Crippen LogP contribution in [0, 0.1) is 0 Å². The summed E-state index contributed by atoms with van der Waals surface area (Å²) in [7, 11) is 1.59. The predicted octanol–water partition coefficient (Wildman–Crippen LogP) is 5.23. The van der Waals surface area contributed by atoms with E-state index in [9.17, 15) is 9.59 Å². The number of carbonyl (C=O) groups excluding carboxylic acids is 2. The third-order valence-corrected chi connectivity index (χ3v) is 5.58. The molecule has 0 aliphatic carbocycles. The molecular weight excluding hydrogens is 442 g/mol. The molecule has 2 N–H and O–H groups in total. The zero-order valence-corrected chi connectivity index (χ0v) is 22.0. The summed E-state index contributed by atoms with van der Waals surface area (Å²) in [4.78, 5) is 26.0. The second-order valence-corrected chi connectivity index (χ2v) is 8.44. The van der Waals surface area contributed by atoms with E-state index in [0.717, 1.165) is 11.1 Å². The van der Waals surface area contributed by atoms with Crippen molar-refractivity contribution in [3.8, 4) is 17.1 Å². The molecule has 3 aromatic rings. The number of nitrogens with one attached hydrogen (secondary N) is 2. The van der Waals surface area contributed by atoms with E-state index in [1.54, 1.807) is 7.05 Å². The van der Waals surface area contributed by atoms with Gasteiger partial charge in [0.1, 0.15) is 17.1 Å². The van der Waals surface area contributed by atoms with Crippen molar-refractivity contribution in [1.82, 2.24) is 15.5 Å². The summed E-state index contributed by atoms with van der Waals surface area (Å²) in [6, 6.07) is 13.0. The lowest BCUT2D eigenvalue weighted by atomic mass is 10.0. The minimum atomic E-state index is -0.224. The Balaban J connectivity index is 0.000000540. The maximum Gasteiger partial charge on any atom is 0.255 e. The molecule has 0 bridgehead atoms. The zero-order chi connectivity index (χ0) is 26.0. The molecule has 2 amide bonds. The van der Waals surface area contributed by atoms with E-state index in [0.29, 0.717) is 34.6 Å². The Morgan fingerprint density at radius 3 is 2.11 bits per heavy atom. The largest absolute Gasteiger partial charge is 0.491 e. The van der Waals surface area contributed by atoms with Crippen molar-refractivity contribution < 1.29 is 18.7 Å². The summed E-state index contributed by atoms with van der Waals surface area (Å²) < 4.78 is 11.8. The highest BCUT2D eigenvalue weighted by molar-refractivity contribution is 6.11. The summed E-state index contributed by atoms with van der Waals surface area (Å²) in [6.07, 6.45) is 0.0310. The number of furan rings is 1.